The van der Waals surface area contributed by atoms with Crippen molar-refractivity contribution in [2.45, 2.75) is 11.8 Å². The van der Waals surface area contributed by atoms with E-state index in [1.165, 1.54) is 23.3 Å². The zero-order valence-corrected chi connectivity index (χ0v) is 15.8. The van der Waals surface area contributed by atoms with Crippen LogP contribution in [-0.2, 0) is 0 Å². The zero-order valence-electron chi connectivity index (χ0n) is 12.6. The van der Waals surface area contributed by atoms with E-state index >= 15 is 0 Å². The molecule has 8 heteroatoms. The second-order valence-electron chi connectivity index (χ2n) is 4.82. The Morgan fingerprint density at radius 1 is 1.29 bits per heavy atom. The second kappa shape index (κ2) is 7.78. The number of rotatable bonds is 5. The maximum atomic E-state index is 12.2. The number of hydrogen-bond acceptors (Lipinski definition) is 6. The van der Waals surface area contributed by atoms with Crippen molar-refractivity contribution >= 4 is 56.1 Å². The standard InChI is InChI=1S/C16H13BrN4OS2/c1-10-9-23-16(19-10)20-14-13(7-12(17)8-18-14)24-21-15(22)11-5-3-2-4-6-11/h2-9H,1H3,(H,21,22)(H,18,19,20). The summed E-state index contributed by atoms with van der Waals surface area (Å²) in [5, 5.41) is 5.91. The first kappa shape index (κ1) is 16.9. The van der Waals surface area contributed by atoms with E-state index in [1.54, 1.807) is 18.3 Å². The Hall–Kier alpha value is -1.90. The van der Waals surface area contributed by atoms with Crippen LogP contribution in [0, 0.1) is 6.92 Å². The molecular formula is C16H13BrN4OS2. The van der Waals surface area contributed by atoms with Gasteiger partial charge in [0.15, 0.2) is 5.13 Å². The van der Waals surface area contributed by atoms with Gasteiger partial charge >= 0.3 is 0 Å². The third-order valence-electron chi connectivity index (χ3n) is 2.95. The molecule has 0 radical (unpaired) electrons. The van der Waals surface area contributed by atoms with Crippen molar-refractivity contribution in [2.75, 3.05) is 5.32 Å². The lowest BCUT2D eigenvalue weighted by molar-refractivity contribution is 0.0984. The average molecular weight is 421 g/mol. The SMILES string of the molecule is Cc1csc(Nc2ncc(Br)cc2SNC(=O)c2ccccc2)n1. The molecule has 1 amide bonds. The van der Waals surface area contributed by atoms with Gasteiger partial charge in [0.05, 0.1) is 10.6 Å². The molecule has 24 heavy (non-hydrogen) atoms. The third kappa shape index (κ3) is 4.34. The van der Waals surface area contributed by atoms with E-state index in [1.807, 2.05) is 36.6 Å². The molecular weight excluding hydrogens is 408 g/mol. The van der Waals surface area contributed by atoms with E-state index in [-0.39, 0.29) is 5.91 Å². The van der Waals surface area contributed by atoms with Crippen molar-refractivity contribution < 1.29 is 4.79 Å². The van der Waals surface area contributed by atoms with Crippen LogP contribution in [0.5, 0.6) is 0 Å². The summed E-state index contributed by atoms with van der Waals surface area (Å²) >= 11 is 6.13. The largest absolute Gasteiger partial charge is 0.315 e. The number of halogens is 1. The molecule has 0 saturated heterocycles. The molecule has 2 N–H and O–H groups in total. The Kier molecular flexibility index (Phi) is 5.49. The second-order valence-corrected chi connectivity index (χ2v) is 7.44. The summed E-state index contributed by atoms with van der Waals surface area (Å²) in [7, 11) is 0. The van der Waals surface area contributed by atoms with Gasteiger partial charge in [0.1, 0.15) is 5.82 Å². The zero-order chi connectivity index (χ0) is 16.9. The molecule has 122 valence electrons. The van der Waals surface area contributed by atoms with E-state index in [0.29, 0.717) is 11.4 Å². The Morgan fingerprint density at radius 2 is 2.08 bits per heavy atom. The molecule has 1 aromatic carbocycles. The molecule has 0 unspecified atom stereocenters. The van der Waals surface area contributed by atoms with Crippen LogP contribution in [0.15, 0.2) is 57.3 Å². The number of amides is 1. The van der Waals surface area contributed by atoms with E-state index < -0.39 is 0 Å². The van der Waals surface area contributed by atoms with Gasteiger partial charge in [0.25, 0.3) is 5.91 Å². The summed E-state index contributed by atoms with van der Waals surface area (Å²) < 4.78 is 3.67. The summed E-state index contributed by atoms with van der Waals surface area (Å²) in [5.41, 5.74) is 1.56. The van der Waals surface area contributed by atoms with Crippen LogP contribution in [-0.4, -0.2) is 15.9 Å². The number of thiazole rings is 1. The van der Waals surface area contributed by atoms with Crippen LogP contribution in [0.4, 0.5) is 10.9 Å². The third-order valence-corrected chi connectivity index (χ3v) is 5.08. The highest BCUT2D eigenvalue weighted by molar-refractivity contribution is 9.10. The Labute approximate surface area is 156 Å². The normalized spacial score (nSPS) is 10.4. The van der Waals surface area contributed by atoms with Gasteiger partial charge in [-0.25, -0.2) is 9.97 Å². The molecule has 5 nitrogen and oxygen atoms in total. The van der Waals surface area contributed by atoms with Gasteiger partial charge in [0, 0.05) is 21.6 Å². The summed E-state index contributed by atoms with van der Waals surface area (Å²) in [6, 6.07) is 11.0. The molecule has 0 spiro atoms. The number of aryl methyl sites for hydroxylation is 1. The minimum atomic E-state index is -0.156. The molecule has 2 heterocycles. The van der Waals surface area contributed by atoms with E-state index in [2.05, 4.69) is 35.9 Å². The maximum Gasteiger partial charge on any atom is 0.261 e. The topological polar surface area (TPSA) is 66.9 Å². The number of carbonyl (C=O) groups excluding carboxylic acids is 1. The molecule has 0 bridgehead atoms. The number of benzene rings is 1. The minimum Gasteiger partial charge on any atom is -0.315 e. The van der Waals surface area contributed by atoms with Gasteiger partial charge in [-0.05, 0) is 53.0 Å². The number of nitrogens with one attached hydrogen (secondary N) is 2. The molecule has 2 aromatic heterocycles. The molecule has 0 aliphatic carbocycles. The average Bonchev–Trinajstić information content (AvgIpc) is 3.00. The molecule has 0 aliphatic rings. The van der Waals surface area contributed by atoms with Gasteiger partial charge in [-0.3, -0.25) is 9.52 Å². The summed E-state index contributed by atoms with van der Waals surface area (Å²) in [5.74, 6) is 0.488. The number of aromatic nitrogens is 2. The van der Waals surface area contributed by atoms with Crippen LogP contribution in [0.25, 0.3) is 0 Å². The molecule has 0 fully saturated rings. The van der Waals surface area contributed by atoms with Crippen molar-refractivity contribution in [1.29, 1.82) is 0 Å². The number of pyridine rings is 1. The van der Waals surface area contributed by atoms with Crippen LogP contribution >= 0.6 is 39.2 Å². The van der Waals surface area contributed by atoms with Gasteiger partial charge < -0.3 is 5.32 Å². The lowest BCUT2D eigenvalue weighted by Gasteiger charge is -2.10. The maximum absolute atomic E-state index is 12.2. The number of carbonyl (C=O) groups is 1. The van der Waals surface area contributed by atoms with Gasteiger partial charge in [-0.2, -0.15) is 0 Å². The predicted molar refractivity (Wildman–Crippen MR) is 102 cm³/mol. The molecule has 0 atom stereocenters. The first-order valence-electron chi connectivity index (χ1n) is 6.99. The van der Waals surface area contributed by atoms with Crippen molar-refractivity contribution in [3.8, 4) is 0 Å². The van der Waals surface area contributed by atoms with E-state index in [0.717, 1.165) is 20.2 Å². The summed E-state index contributed by atoms with van der Waals surface area (Å²) in [4.78, 5) is 21.7. The Balaban J connectivity index is 1.74. The van der Waals surface area contributed by atoms with Crippen molar-refractivity contribution in [3.05, 3.63) is 63.7 Å². The fourth-order valence-corrected chi connectivity index (χ4v) is 3.73. The Bertz CT molecular complexity index is 854. The van der Waals surface area contributed by atoms with Crippen LogP contribution in [0.1, 0.15) is 16.1 Å². The predicted octanol–water partition coefficient (Wildman–Crippen LogP) is 4.79. The monoisotopic (exact) mass is 420 g/mol. The fourth-order valence-electron chi connectivity index (χ4n) is 1.85. The van der Waals surface area contributed by atoms with Crippen LogP contribution in [0.3, 0.4) is 0 Å². The van der Waals surface area contributed by atoms with Gasteiger partial charge in [0.2, 0.25) is 0 Å². The molecule has 3 aromatic rings. The van der Waals surface area contributed by atoms with Crippen molar-refractivity contribution in [2.24, 2.45) is 0 Å². The van der Waals surface area contributed by atoms with E-state index in [9.17, 15) is 4.79 Å². The summed E-state index contributed by atoms with van der Waals surface area (Å²) in [6.45, 7) is 1.94. The van der Waals surface area contributed by atoms with Gasteiger partial charge in [-0.1, -0.05) is 18.2 Å². The minimum absolute atomic E-state index is 0.156. The highest BCUT2D eigenvalue weighted by Gasteiger charge is 2.11. The molecule has 0 saturated carbocycles. The highest BCUT2D eigenvalue weighted by atomic mass is 79.9. The lowest BCUT2D eigenvalue weighted by Crippen LogP contribution is -2.15. The highest BCUT2D eigenvalue weighted by Crippen LogP contribution is 2.30. The summed E-state index contributed by atoms with van der Waals surface area (Å²) in [6.07, 6.45) is 1.70. The molecule has 3 rings (SSSR count). The van der Waals surface area contributed by atoms with Crippen LogP contribution in [0.2, 0.25) is 0 Å². The van der Waals surface area contributed by atoms with E-state index in [4.69, 9.17) is 0 Å². The number of hydrogen-bond donors (Lipinski definition) is 2. The fraction of sp³-hybridized carbons (Fsp3) is 0.0625. The number of nitrogens with zero attached hydrogens (tertiary/aromatic N) is 2. The Morgan fingerprint density at radius 3 is 2.79 bits per heavy atom. The first-order valence-corrected chi connectivity index (χ1v) is 9.47. The quantitative estimate of drug-likeness (QED) is 0.580. The number of anilines is 2. The van der Waals surface area contributed by atoms with Crippen LogP contribution < -0.4 is 10.0 Å². The first-order chi connectivity index (χ1) is 11.6. The smallest absolute Gasteiger partial charge is 0.261 e. The van der Waals surface area contributed by atoms with Gasteiger partial charge in [-0.15, -0.1) is 11.3 Å². The lowest BCUT2D eigenvalue weighted by atomic mass is 10.2. The molecule has 0 aliphatic heterocycles. The van der Waals surface area contributed by atoms with Crippen molar-refractivity contribution in [3.63, 3.8) is 0 Å². The van der Waals surface area contributed by atoms with Crippen molar-refractivity contribution in [1.82, 2.24) is 14.7 Å².